The highest BCUT2D eigenvalue weighted by atomic mass is 79.9. The van der Waals surface area contributed by atoms with Gasteiger partial charge >= 0.3 is 0 Å². The molecule has 1 aromatic rings. The highest BCUT2D eigenvalue weighted by Crippen LogP contribution is 2.22. The molecule has 0 saturated heterocycles. The number of hydrogen-bond acceptors (Lipinski definition) is 3. The SMILES string of the molecule is COc1ccc(Br)cc1CNC(=O)CS. The van der Waals surface area contributed by atoms with E-state index in [4.69, 9.17) is 4.74 Å². The van der Waals surface area contributed by atoms with Crippen molar-refractivity contribution in [3.05, 3.63) is 28.2 Å². The number of halogens is 1. The summed E-state index contributed by atoms with van der Waals surface area (Å²) in [6, 6.07) is 5.66. The molecule has 1 rings (SSSR count). The summed E-state index contributed by atoms with van der Waals surface area (Å²) in [5, 5.41) is 2.73. The first kappa shape index (κ1) is 12.4. The number of hydrogen-bond donors (Lipinski definition) is 2. The fraction of sp³-hybridized carbons (Fsp3) is 0.300. The quantitative estimate of drug-likeness (QED) is 0.832. The van der Waals surface area contributed by atoms with Crippen molar-refractivity contribution >= 4 is 34.5 Å². The minimum Gasteiger partial charge on any atom is -0.496 e. The summed E-state index contributed by atoms with van der Waals surface area (Å²) in [6.07, 6.45) is 0. The molecule has 0 radical (unpaired) electrons. The van der Waals surface area contributed by atoms with Crippen molar-refractivity contribution in [1.29, 1.82) is 0 Å². The molecule has 0 spiro atoms. The number of thiol groups is 1. The lowest BCUT2D eigenvalue weighted by molar-refractivity contribution is -0.118. The van der Waals surface area contributed by atoms with Gasteiger partial charge in [0.05, 0.1) is 12.9 Å². The molecule has 0 atom stereocenters. The van der Waals surface area contributed by atoms with Crippen LogP contribution in [0.1, 0.15) is 5.56 Å². The van der Waals surface area contributed by atoms with Crippen molar-refractivity contribution < 1.29 is 9.53 Å². The molecule has 5 heteroatoms. The molecule has 0 aliphatic carbocycles. The Bertz CT molecular complexity index is 357. The van der Waals surface area contributed by atoms with Gasteiger partial charge in [0, 0.05) is 16.6 Å². The van der Waals surface area contributed by atoms with Crippen LogP contribution in [0.15, 0.2) is 22.7 Å². The summed E-state index contributed by atoms with van der Waals surface area (Å²) in [7, 11) is 1.60. The first-order chi connectivity index (χ1) is 7.17. The Labute approximate surface area is 103 Å². The number of amides is 1. The van der Waals surface area contributed by atoms with Crippen LogP contribution in [0, 0.1) is 0 Å². The van der Waals surface area contributed by atoms with E-state index in [9.17, 15) is 4.79 Å². The molecule has 0 aromatic heterocycles. The molecule has 1 aromatic carbocycles. The Hall–Kier alpha value is -0.680. The number of benzene rings is 1. The molecule has 15 heavy (non-hydrogen) atoms. The van der Waals surface area contributed by atoms with Gasteiger partial charge in [-0.1, -0.05) is 15.9 Å². The number of carbonyl (C=O) groups excluding carboxylic acids is 1. The van der Waals surface area contributed by atoms with Crippen LogP contribution in [-0.2, 0) is 11.3 Å². The molecule has 0 heterocycles. The zero-order valence-electron chi connectivity index (χ0n) is 8.29. The van der Waals surface area contributed by atoms with Gasteiger partial charge in [-0.15, -0.1) is 0 Å². The Kier molecular flexibility index (Phi) is 4.98. The third kappa shape index (κ3) is 3.76. The van der Waals surface area contributed by atoms with E-state index >= 15 is 0 Å². The second-order valence-electron chi connectivity index (χ2n) is 2.89. The maximum Gasteiger partial charge on any atom is 0.229 e. The fourth-order valence-corrected chi connectivity index (χ4v) is 1.66. The van der Waals surface area contributed by atoms with Crippen molar-refractivity contribution in [3.8, 4) is 5.75 Å². The number of rotatable bonds is 4. The molecule has 0 saturated carbocycles. The largest absolute Gasteiger partial charge is 0.496 e. The summed E-state index contributed by atoms with van der Waals surface area (Å²) < 4.78 is 6.13. The fourth-order valence-electron chi connectivity index (χ4n) is 1.14. The van der Waals surface area contributed by atoms with Gasteiger partial charge in [-0.25, -0.2) is 0 Å². The molecule has 0 fully saturated rings. The summed E-state index contributed by atoms with van der Waals surface area (Å²) in [6.45, 7) is 0.446. The molecule has 0 aliphatic heterocycles. The summed E-state index contributed by atoms with van der Waals surface area (Å²) in [5.41, 5.74) is 0.932. The van der Waals surface area contributed by atoms with E-state index in [0.717, 1.165) is 15.8 Å². The third-order valence-corrected chi connectivity index (χ3v) is 2.64. The molecule has 82 valence electrons. The van der Waals surface area contributed by atoms with Crippen LogP contribution < -0.4 is 10.1 Å². The zero-order chi connectivity index (χ0) is 11.3. The maximum absolute atomic E-state index is 11.0. The molecule has 0 bridgehead atoms. The van der Waals surface area contributed by atoms with Gasteiger partial charge in [0.15, 0.2) is 0 Å². The number of ether oxygens (including phenoxy) is 1. The number of carbonyl (C=O) groups is 1. The Morgan fingerprint density at radius 2 is 2.33 bits per heavy atom. The molecule has 0 unspecified atom stereocenters. The van der Waals surface area contributed by atoms with Gasteiger partial charge in [0.25, 0.3) is 0 Å². The smallest absolute Gasteiger partial charge is 0.229 e. The zero-order valence-corrected chi connectivity index (χ0v) is 10.8. The lowest BCUT2D eigenvalue weighted by Crippen LogP contribution is -2.23. The van der Waals surface area contributed by atoms with Crippen molar-refractivity contribution in [2.24, 2.45) is 0 Å². The van der Waals surface area contributed by atoms with Crippen LogP contribution in [0.25, 0.3) is 0 Å². The summed E-state index contributed by atoms with van der Waals surface area (Å²) >= 11 is 7.24. The van der Waals surface area contributed by atoms with Crippen LogP contribution in [0.4, 0.5) is 0 Å². The van der Waals surface area contributed by atoms with Gasteiger partial charge in [-0.2, -0.15) is 12.6 Å². The van der Waals surface area contributed by atoms with E-state index in [0.29, 0.717) is 6.54 Å². The van der Waals surface area contributed by atoms with E-state index in [-0.39, 0.29) is 11.7 Å². The molecular formula is C10H12BrNO2S. The van der Waals surface area contributed by atoms with Crippen LogP contribution in [-0.4, -0.2) is 18.8 Å². The van der Waals surface area contributed by atoms with E-state index in [2.05, 4.69) is 33.9 Å². The third-order valence-electron chi connectivity index (χ3n) is 1.86. The Morgan fingerprint density at radius 3 is 2.93 bits per heavy atom. The van der Waals surface area contributed by atoms with Crippen LogP contribution in [0.2, 0.25) is 0 Å². The molecular weight excluding hydrogens is 278 g/mol. The first-order valence-electron chi connectivity index (χ1n) is 4.37. The molecule has 0 aliphatic rings. The second kappa shape index (κ2) is 6.02. The van der Waals surface area contributed by atoms with Gasteiger partial charge in [-0.3, -0.25) is 4.79 Å². The standard InChI is InChI=1S/C10H12BrNO2S/c1-14-9-3-2-8(11)4-7(9)5-12-10(13)6-15/h2-4,15H,5-6H2,1H3,(H,12,13). The lowest BCUT2D eigenvalue weighted by atomic mass is 10.2. The summed E-state index contributed by atoms with van der Waals surface area (Å²) in [5.74, 6) is 0.856. The maximum atomic E-state index is 11.0. The highest BCUT2D eigenvalue weighted by molar-refractivity contribution is 9.10. The average Bonchev–Trinajstić information content (AvgIpc) is 2.26. The normalized spacial score (nSPS) is 9.80. The molecule has 1 amide bonds. The van der Waals surface area contributed by atoms with Gasteiger partial charge in [-0.05, 0) is 18.2 Å². The van der Waals surface area contributed by atoms with Gasteiger partial charge in [0.1, 0.15) is 5.75 Å². The van der Waals surface area contributed by atoms with Crippen molar-refractivity contribution in [2.45, 2.75) is 6.54 Å². The van der Waals surface area contributed by atoms with Gasteiger partial charge < -0.3 is 10.1 Å². The number of methoxy groups -OCH3 is 1. The Balaban J connectivity index is 2.74. The van der Waals surface area contributed by atoms with E-state index in [1.165, 1.54) is 0 Å². The lowest BCUT2D eigenvalue weighted by Gasteiger charge is -2.09. The van der Waals surface area contributed by atoms with Crippen molar-refractivity contribution in [1.82, 2.24) is 5.32 Å². The van der Waals surface area contributed by atoms with Crippen LogP contribution in [0.5, 0.6) is 5.75 Å². The van der Waals surface area contributed by atoms with E-state index in [1.807, 2.05) is 18.2 Å². The topological polar surface area (TPSA) is 38.3 Å². The predicted octanol–water partition coefficient (Wildman–Crippen LogP) is 2.00. The minimum atomic E-state index is -0.0969. The first-order valence-corrected chi connectivity index (χ1v) is 5.80. The van der Waals surface area contributed by atoms with E-state index in [1.54, 1.807) is 7.11 Å². The monoisotopic (exact) mass is 289 g/mol. The minimum absolute atomic E-state index is 0.0969. The average molecular weight is 290 g/mol. The summed E-state index contributed by atoms with van der Waals surface area (Å²) in [4.78, 5) is 11.0. The predicted molar refractivity (Wildman–Crippen MR) is 66.4 cm³/mol. The molecule has 1 N–H and O–H groups in total. The molecule has 3 nitrogen and oxygen atoms in total. The van der Waals surface area contributed by atoms with Crippen molar-refractivity contribution in [2.75, 3.05) is 12.9 Å². The van der Waals surface area contributed by atoms with Crippen molar-refractivity contribution in [3.63, 3.8) is 0 Å². The van der Waals surface area contributed by atoms with Crippen LogP contribution >= 0.6 is 28.6 Å². The second-order valence-corrected chi connectivity index (χ2v) is 4.12. The Morgan fingerprint density at radius 1 is 1.60 bits per heavy atom. The highest BCUT2D eigenvalue weighted by Gasteiger charge is 2.04. The van der Waals surface area contributed by atoms with E-state index < -0.39 is 0 Å². The van der Waals surface area contributed by atoms with Gasteiger partial charge in [0.2, 0.25) is 5.91 Å². The number of nitrogens with one attached hydrogen (secondary N) is 1. The van der Waals surface area contributed by atoms with Crippen LogP contribution in [0.3, 0.4) is 0 Å².